The molecule has 1 heterocycles. The van der Waals surface area contributed by atoms with Crippen LogP contribution < -0.4 is 4.74 Å². The van der Waals surface area contributed by atoms with Crippen LogP contribution in [0.25, 0.3) is 6.08 Å². The first-order chi connectivity index (χ1) is 10.3. The van der Waals surface area contributed by atoms with E-state index in [4.69, 9.17) is 17.0 Å². The summed E-state index contributed by atoms with van der Waals surface area (Å²) in [5.74, 6) is 0.744. The number of nitrogens with zero attached hydrogens (tertiary/aromatic N) is 1. The van der Waals surface area contributed by atoms with Crippen LogP contribution in [0.1, 0.15) is 26.3 Å². The van der Waals surface area contributed by atoms with Crippen LogP contribution in [0.2, 0.25) is 0 Å². The van der Waals surface area contributed by atoms with Gasteiger partial charge in [-0.1, -0.05) is 48.8 Å². The summed E-state index contributed by atoms with van der Waals surface area (Å²) >= 11 is 6.67. The summed E-state index contributed by atoms with van der Waals surface area (Å²) in [6.07, 6.45) is 3.56. The number of carbonyl (C=O) groups is 1. The molecule has 22 heavy (non-hydrogen) atoms. The minimum Gasteiger partial charge on any atom is -0.490 e. The van der Waals surface area contributed by atoms with Gasteiger partial charge >= 0.3 is 0 Å². The zero-order valence-electron chi connectivity index (χ0n) is 13.0. The van der Waals surface area contributed by atoms with Gasteiger partial charge in [-0.15, -0.1) is 0 Å². The first kappa shape index (κ1) is 16.8. The van der Waals surface area contributed by atoms with Crippen LogP contribution in [0.3, 0.4) is 0 Å². The van der Waals surface area contributed by atoms with Gasteiger partial charge in [0.2, 0.25) is 0 Å². The lowest BCUT2D eigenvalue weighted by atomic mass is 10.1. The normalized spacial score (nSPS) is 17.2. The van der Waals surface area contributed by atoms with Crippen LogP contribution >= 0.6 is 24.0 Å². The van der Waals surface area contributed by atoms with Gasteiger partial charge < -0.3 is 4.74 Å². The van der Waals surface area contributed by atoms with Crippen molar-refractivity contribution in [2.75, 3.05) is 6.61 Å². The quantitative estimate of drug-likeness (QED) is 0.468. The molecule has 1 saturated heterocycles. The number of thiocarbonyl (C=S) groups is 1. The standard InChI is InChI=1S/C17H19NO2S2/c1-5-10-20-13-8-6-12(7-9-13)11-14-15(19)18(16(21)22-14)17(2,3)4/h5-9,11H,1,10H2,2-4H3/b14-11-. The molecule has 0 radical (unpaired) electrons. The van der Waals surface area contributed by atoms with Crippen molar-refractivity contribution >= 4 is 40.3 Å². The maximum Gasteiger partial charge on any atom is 0.266 e. The Bertz CT molecular complexity index is 627. The number of thioether (sulfide) groups is 1. The summed E-state index contributed by atoms with van der Waals surface area (Å²) in [6.45, 7) is 10.0. The molecule has 0 N–H and O–H groups in total. The van der Waals surface area contributed by atoms with Crippen LogP contribution in [0.15, 0.2) is 41.8 Å². The van der Waals surface area contributed by atoms with Crippen molar-refractivity contribution in [2.45, 2.75) is 26.3 Å². The Balaban J connectivity index is 2.18. The van der Waals surface area contributed by atoms with E-state index in [1.165, 1.54) is 11.8 Å². The minimum absolute atomic E-state index is 0.0329. The molecule has 1 amide bonds. The van der Waals surface area contributed by atoms with E-state index in [1.807, 2.05) is 51.1 Å². The number of amides is 1. The second-order valence-corrected chi connectivity index (χ2v) is 7.53. The lowest BCUT2D eigenvalue weighted by Crippen LogP contribution is -2.44. The number of benzene rings is 1. The van der Waals surface area contributed by atoms with E-state index in [1.54, 1.807) is 11.0 Å². The molecule has 0 atom stereocenters. The molecule has 5 heteroatoms. The van der Waals surface area contributed by atoms with Crippen molar-refractivity contribution < 1.29 is 9.53 Å². The molecule has 0 aliphatic carbocycles. The van der Waals surface area contributed by atoms with E-state index in [0.29, 0.717) is 15.8 Å². The predicted octanol–water partition coefficient (Wildman–Crippen LogP) is 4.25. The molecule has 1 aliphatic rings. The van der Waals surface area contributed by atoms with E-state index >= 15 is 0 Å². The molecule has 0 spiro atoms. The first-order valence-electron chi connectivity index (χ1n) is 6.95. The second kappa shape index (κ2) is 6.67. The maximum atomic E-state index is 12.5. The summed E-state index contributed by atoms with van der Waals surface area (Å²) in [5.41, 5.74) is 0.638. The zero-order valence-corrected chi connectivity index (χ0v) is 14.6. The second-order valence-electron chi connectivity index (χ2n) is 5.86. The van der Waals surface area contributed by atoms with Gasteiger partial charge in [0.15, 0.2) is 0 Å². The van der Waals surface area contributed by atoms with E-state index in [9.17, 15) is 4.79 Å². The fourth-order valence-electron chi connectivity index (χ4n) is 2.01. The Labute approximate surface area is 141 Å². The van der Waals surface area contributed by atoms with Crippen molar-refractivity contribution in [3.8, 4) is 5.75 Å². The number of hydrogen-bond acceptors (Lipinski definition) is 4. The third-order valence-electron chi connectivity index (χ3n) is 3.01. The zero-order chi connectivity index (χ0) is 16.3. The Morgan fingerprint density at radius 1 is 1.32 bits per heavy atom. The number of hydrogen-bond donors (Lipinski definition) is 0. The van der Waals surface area contributed by atoms with Gasteiger partial charge in [0.05, 0.1) is 4.91 Å². The van der Waals surface area contributed by atoms with Crippen molar-refractivity contribution in [2.24, 2.45) is 0 Å². The van der Waals surface area contributed by atoms with Gasteiger partial charge in [-0.05, 0) is 44.5 Å². The Morgan fingerprint density at radius 2 is 1.95 bits per heavy atom. The molecule has 0 saturated carbocycles. The summed E-state index contributed by atoms with van der Waals surface area (Å²) in [4.78, 5) is 14.8. The number of carbonyl (C=O) groups excluding carboxylic acids is 1. The van der Waals surface area contributed by atoms with Gasteiger partial charge in [-0.3, -0.25) is 9.69 Å². The molecule has 1 aliphatic heterocycles. The average molecular weight is 333 g/mol. The van der Waals surface area contributed by atoms with Gasteiger partial charge in [0.25, 0.3) is 5.91 Å². The Morgan fingerprint density at radius 3 is 2.45 bits per heavy atom. The van der Waals surface area contributed by atoms with Crippen LogP contribution in [0.4, 0.5) is 0 Å². The molecule has 0 aromatic heterocycles. The third-order valence-corrected chi connectivity index (χ3v) is 4.31. The van der Waals surface area contributed by atoms with Gasteiger partial charge in [-0.25, -0.2) is 0 Å². The molecule has 0 bridgehead atoms. The lowest BCUT2D eigenvalue weighted by Gasteiger charge is -2.30. The largest absolute Gasteiger partial charge is 0.490 e. The van der Waals surface area contributed by atoms with Crippen molar-refractivity contribution in [1.82, 2.24) is 4.90 Å². The van der Waals surface area contributed by atoms with Gasteiger partial charge in [0, 0.05) is 5.54 Å². The topological polar surface area (TPSA) is 29.5 Å². The highest BCUT2D eigenvalue weighted by Gasteiger charge is 2.38. The van der Waals surface area contributed by atoms with Crippen molar-refractivity contribution in [3.05, 3.63) is 47.4 Å². The first-order valence-corrected chi connectivity index (χ1v) is 8.17. The van der Waals surface area contributed by atoms with Gasteiger partial charge in [0.1, 0.15) is 16.7 Å². The van der Waals surface area contributed by atoms with Crippen molar-refractivity contribution in [1.29, 1.82) is 0 Å². The molecule has 2 rings (SSSR count). The highest BCUT2D eigenvalue weighted by atomic mass is 32.2. The molecule has 1 aromatic rings. The number of rotatable bonds is 4. The molecular weight excluding hydrogens is 314 g/mol. The molecule has 0 unspecified atom stereocenters. The Hall–Kier alpha value is -1.59. The van der Waals surface area contributed by atoms with E-state index in [2.05, 4.69) is 6.58 Å². The summed E-state index contributed by atoms with van der Waals surface area (Å²) in [7, 11) is 0. The van der Waals surface area contributed by atoms with Crippen LogP contribution in [-0.4, -0.2) is 27.3 Å². The predicted molar refractivity (Wildman–Crippen MR) is 96.9 cm³/mol. The minimum atomic E-state index is -0.306. The molecule has 1 aromatic carbocycles. The number of ether oxygens (including phenoxy) is 1. The van der Waals surface area contributed by atoms with E-state index in [-0.39, 0.29) is 11.4 Å². The summed E-state index contributed by atoms with van der Waals surface area (Å²) in [5, 5.41) is 0. The maximum absolute atomic E-state index is 12.5. The highest BCUT2D eigenvalue weighted by molar-refractivity contribution is 8.26. The smallest absolute Gasteiger partial charge is 0.266 e. The van der Waals surface area contributed by atoms with Crippen LogP contribution in [0.5, 0.6) is 5.75 Å². The van der Waals surface area contributed by atoms with Crippen LogP contribution in [0, 0.1) is 0 Å². The third kappa shape index (κ3) is 3.78. The highest BCUT2D eigenvalue weighted by Crippen LogP contribution is 2.36. The monoisotopic (exact) mass is 333 g/mol. The Kier molecular flexibility index (Phi) is 5.08. The van der Waals surface area contributed by atoms with Crippen molar-refractivity contribution in [3.63, 3.8) is 0 Å². The van der Waals surface area contributed by atoms with Crippen LogP contribution in [-0.2, 0) is 4.79 Å². The molecular formula is C17H19NO2S2. The molecule has 1 fully saturated rings. The lowest BCUT2D eigenvalue weighted by molar-refractivity contribution is -0.125. The fraction of sp³-hybridized carbons (Fsp3) is 0.294. The fourth-order valence-corrected chi connectivity index (χ4v) is 3.65. The molecule has 116 valence electrons. The van der Waals surface area contributed by atoms with E-state index in [0.717, 1.165) is 11.3 Å². The summed E-state index contributed by atoms with van der Waals surface area (Å²) < 4.78 is 6.05. The SMILES string of the molecule is C=CCOc1ccc(/C=C2\SC(=S)N(C(C)(C)C)C2=O)cc1. The van der Waals surface area contributed by atoms with E-state index < -0.39 is 0 Å². The summed E-state index contributed by atoms with van der Waals surface area (Å²) in [6, 6.07) is 7.59. The molecule has 3 nitrogen and oxygen atoms in total. The van der Waals surface area contributed by atoms with Gasteiger partial charge in [-0.2, -0.15) is 0 Å². The average Bonchev–Trinajstić information content (AvgIpc) is 2.72.